The molecule has 0 fully saturated rings. The molecule has 5 nitrogen and oxygen atoms in total. The number of aryl methyl sites for hydroxylation is 1. The van der Waals surface area contributed by atoms with E-state index in [4.69, 9.17) is 0 Å². The summed E-state index contributed by atoms with van der Waals surface area (Å²) < 4.78 is 45.1. The van der Waals surface area contributed by atoms with Crippen molar-refractivity contribution in [2.75, 3.05) is 19.0 Å². The maximum atomic E-state index is 13.1. The standard InChI is InChI=1S/C14H14F3N3O2/c1-9-7-12(18-13(21)8-22-2)20(19-9)11-6-4-3-5-10(11)14(15,16)17/h3-7H,8H2,1-2H3,(H,18,21). The van der Waals surface area contributed by atoms with E-state index < -0.39 is 17.6 Å². The van der Waals surface area contributed by atoms with Gasteiger partial charge in [0.25, 0.3) is 5.91 Å². The average Bonchev–Trinajstić information content (AvgIpc) is 2.78. The molecule has 2 aromatic rings. The first-order chi connectivity index (χ1) is 10.3. The van der Waals surface area contributed by atoms with Crippen LogP contribution in [0.2, 0.25) is 0 Å². The highest BCUT2D eigenvalue weighted by molar-refractivity contribution is 5.91. The van der Waals surface area contributed by atoms with Gasteiger partial charge in [-0.25, -0.2) is 4.68 Å². The normalized spacial score (nSPS) is 11.5. The number of carbonyl (C=O) groups excluding carboxylic acids is 1. The molecule has 0 aliphatic heterocycles. The van der Waals surface area contributed by atoms with Crippen LogP contribution >= 0.6 is 0 Å². The van der Waals surface area contributed by atoms with Crippen LogP contribution in [0.4, 0.5) is 19.0 Å². The van der Waals surface area contributed by atoms with Crippen molar-refractivity contribution >= 4 is 11.7 Å². The van der Waals surface area contributed by atoms with Gasteiger partial charge in [0.2, 0.25) is 0 Å². The fraction of sp³-hybridized carbons (Fsp3) is 0.286. The van der Waals surface area contributed by atoms with Gasteiger partial charge in [-0.2, -0.15) is 18.3 Å². The average molecular weight is 313 g/mol. The number of para-hydroxylation sites is 1. The summed E-state index contributed by atoms with van der Waals surface area (Å²) in [5.41, 5.74) is -0.513. The molecule has 1 aromatic carbocycles. The zero-order valence-electron chi connectivity index (χ0n) is 11.9. The number of nitrogens with one attached hydrogen (secondary N) is 1. The monoisotopic (exact) mass is 313 g/mol. The molecule has 0 unspecified atom stereocenters. The van der Waals surface area contributed by atoms with Crippen LogP contribution < -0.4 is 5.32 Å². The molecular weight excluding hydrogens is 299 g/mol. The highest BCUT2D eigenvalue weighted by atomic mass is 19.4. The van der Waals surface area contributed by atoms with Crippen molar-refractivity contribution in [3.8, 4) is 5.69 Å². The van der Waals surface area contributed by atoms with Crippen LogP contribution in [-0.4, -0.2) is 29.4 Å². The Hall–Kier alpha value is -2.35. The van der Waals surface area contributed by atoms with E-state index in [9.17, 15) is 18.0 Å². The highest BCUT2D eigenvalue weighted by Gasteiger charge is 2.34. The number of anilines is 1. The summed E-state index contributed by atoms with van der Waals surface area (Å²) in [4.78, 5) is 11.6. The number of hydrogen-bond donors (Lipinski definition) is 1. The zero-order chi connectivity index (χ0) is 16.3. The number of alkyl halides is 3. The van der Waals surface area contributed by atoms with Crippen LogP contribution in [0.3, 0.4) is 0 Å². The largest absolute Gasteiger partial charge is 0.418 e. The number of aromatic nitrogens is 2. The summed E-state index contributed by atoms with van der Waals surface area (Å²) in [5, 5.41) is 6.51. The number of benzene rings is 1. The summed E-state index contributed by atoms with van der Waals surface area (Å²) in [7, 11) is 1.35. The quantitative estimate of drug-likeness (QED) is 0.944. The maximum Gasteiger partial charge on any atom is 0.418 e. The highest BCUT2D eigenvalue weighted by Crippen LogP contribution is 2.34. The Kier molecular flexibility index (Phi) is 4.51. The first-order valence-electron chi connectivity index (χ1n) is 6.35. The van der Waals surface area contributed by atoms with Gasteiger partial charge in [-0.3, -0.25) is 4.79 Å². The zero-order valence-corrected chi connectivity index (χ0v) is 11.9. The van der Waals surface area contributed by atoms with E-state index in [-0.39, 0.29) is 18.1 Å². The topological polar surface area (TPSA) is 56.1 Å². The summed E-state index contributed by atoms with van der Waals surface area (Å²) in [5.74, 6) is -0.329. The molecule has 0 radical (unpaired) electrons. The molecular formula is C14H14F3N3O2. The third-order valence-electron chi connectivity index (χ3n) is 2.81. The third kappa shape index (κ3) is 3.45. The summed E-state index contributed by atoms with van der Waals surface area (Å²) in [6.07, 6.45) is -4.52. The van der Waals surface area contributed by atoms with E-state index in [0.717, 1.165) is 10.7 Å². The fourth-order valence-electron chi connectivity index (χ4n) is 1.98. The molecule has 8 heteroatoms. The second kappa shape index (κ2) is 6.18. The first kappa shape index (κ1) is 16.0. The van der Waals surface area contributed by atoms with Crippen molar-refractivity contribution in [2.45, 2.75) is 13.1 Å². The number of ether oxygens (including phenoxy) is 1. The minimum atomic E-state index is -4.52. The molecule has 1 aromatic heterocycles. The molecule has 0 saturated heterocycles. The van der Waals surface area contributed by atoms with Crippen LogP contribution in [0.1, 0.15) is 11.3 Å². The van der Waals surface area contributed by atoms with Gasteiger partial charge in [0.05, 0.1) is 16.9 Å². The van der Waals surface area contributed by atoms with Gasteiger partial charge in [0.15, 0.2) is 0 Å². The van der Waals surface area contributed by atoms with E-state index in [0.29, 0.717) is 5.69 Å². The number of methoxy groups -OCH3 is 1. The van der Waals surface area contributed by atoms with Crippen molar-refractivity contribution in [3.05, 3.63) is 41.6 Å². The Morgan fingerprint density at radius 1 is 1.36 bits per heavy atom. The van der Waals surface area contributed by atoms with Crippen molar-refractivity contribution in [1.29, 1.82) is 0 Å². The lowest BCUT2D eigenvalue weighted by Gasteiger charge is -2.14. The number of amides is 1. The van der Waals surface area contributed by atoms with Gasteiger partial charge < -0.3 is 10.1 Å². The summed E-state index contributed by atoms with van der Waals surface area (Å²) >= 11 is 0. The van der Waals surface area contributed by atoms with Crippen molar-refractivity contribution in [2.24, 2.45) is 0 Å². The lowest BCUT2D eigenvalue weighted by molar-refractivity contribution is -0.137. The second-order valence-corrected chi connectivity index (χ2v) is 4.58. The summed E-state index contributed by atoms with van der Waals surface area (Å²) in [6.45, 7) is 1.42. The molecule has 2 rings (SSSR count). The summed E-state index contributed by atoms with van der Waals surface area (Å²) in [6, 6.07) is 6.52. The lowest BCUT2D eigenvalue weighted by atomic mass is 10.1. The van der Waals surface area contributed by atoms with Gasteiger partial charge in [-0.05, 0) is 19.1 Å². The Morgan fingerprint density at radius 3 is 2.68 bits per heavy atom. The molecule has 0 aliphatic rings. The number of hydrogen-bond acceptors (Lipinski definition) is 3. The van der Waals surface area contributed by atoms with Crippen LogP contribution in [0.25, 0.3) is 5.69 Å². The first-order valence-corrected chi connectivity index (χ1v) is 6.35. The van der Waals surface area contributed by atoms with Gasteiger partial charge >= 0.3 is 6.18 Å². The van der Waals surface area contributed by atoms with Crippen molar-refractivity contribution < 1.29 is 22.7 Å². The molecule has 0 spiro atoms. The van der Waals surface area contributed by atoms with Crippen molar-refractivity contribution in [1.82, 2.24) is 9.78 Å². The molecule has 0 bridgehead atoms. The van der Waals surface area contributed by atoms with E-state index in [1.807, 2.05) is 0 Å². The van der Waals surface area contributed by atoms with Crippen LogP contribution in [0.5, 0.6) is 0 Å². The molecule has 0 atom stereocenters. The van der Waals surface area contributed by atoms with E-state index in [1.165, 1.54) is 31.4 Å². The van der Waals surface area contributed by atoms with Crippen molar-refractivity contribution in [3.63, 3.8) is 0 Å². The molecule has 22 heavy (non-hydrogen) atoms. The second-order valence-electron chi connectivity index (χ2n) is 4.58. The van der Waals surface area contributed by atoms with E-state index in [1.54, 1.807) is 6.92 Å². The molecule has 0 aliphatic carbocycles. The lowest BCUT2D eigenvalue weighted by Crippen LogP contribution is -2.20. The van der Waals surface area contributed by atoms with Gasteiger partial charge in [0.1, 0.15) is 12.4 Å². The Labute approximate surface area is 124 Å². The Morgan fingerprint density at radius 2 is 2.05 bits per heavy atom. The molecule has 118 valence electrons. The third-order valence-corrected chi connectivity index (χ3v) is 2.81. The predicted molar refractivity (Wildman–Crippen MR) is 73.8 cm³/mol. The fourth-order valence-corrected chi connectivity index (χ4v) is 1.98. The molecule has 1 N–H and O–H groups in total. The van der Waals surface area contributed by atoms with Crippen LogP contribution in [0.15, 0.2) is 30.3 Å². The van der Waals surface area contributed by atoms with Crippen LogP contribution in [-0.2, 0) is 15.7 Å². The van der Waals surface area contributed by atoms with Crippen LogP contribution in [0, 0.1) is 6.92 Å². The van der Waals surface area contributed by atoms with Gasteiger partial charge in [-0.15, -0.1) is 0 Å². The number of rotatable bonds is 4. The Bertz CT molecular complexity index is 680. The van der Waals surface area contributed by atoms with E-state index in [2.05, 4.69) is 15.2 Å². The minimum absolute atomic E-state index is 0.149. The maximum absolute atomic E-state index is 13.1. The molecule has 0 saturated carbocycles. The Balaban J connectivity index is 2.48. The van der Waals surface area contributed by atoms with Gasteiger partial charge in [0, 0.05) is 13.2 Å². The number of carbonyl (C=O) groups is 1. The number of halogens is 3. The molecule has 1 amide bonds. The smallest absolute Gasteiger partial charge is 0.375 e. The predicted octanol–water partition coefficient (Wildman–Crippen LogP) is 2.78. The van der Waals surface area contributed by atoms with Gasteiger partial charge in [-0.1, -0.05) is 12.1 Å². The minimum Gasteiger partial charge on any atom is -0.375 e. The SMILES string of the molecule is COCC(=O)Nc1cc(C)nn1-c1ccccc1C(F)(F)F. The van der Waals surface area contributed by atoms with E-state index >= 15 is 0 Å². The molecule has 1 heterocycles. The number of nitrogens with zero attached hydrogens (tertiary/aromatic N) is 2.